The number of hydrogen-bond acceptors (Lipinski definition) is 3. The lowest BCUT2D eigenvalue weighted by Crippen LogP contribution is -2.20. The molecule has 2 rings (SSSR count). The lowest BCUT2D eigenvalue weighted by atomic mass is 9.97. The Labute approximate surface area is 96.9 Å². The summed E-state index contributed by atoms with van der Waals surface area (Å²) in [4.78, 5) is 4.17. The second kappa shape index (κ2) is 5.30. The standard InChI is InChI=1S/C13H20N2O/c1-10-7-13(5-6-14-10)15-8-11-3-2-4-12(11)9-16/h5-7,11-12,16H,2-4,8-9H2,1H3,(H,14,15). The number of aliphatic hydroxyl groups is 1. The molecule has 1 heterocycles. The highest BCUT2D eigenvalue weighted by Gasteiger charge is 2.25. The summed E-state index contributed by atoms with van der Waals surface area (Å²) in [5.41, 5.74) is 2.17. The molecule has 1 fully saturated rings. The molecule has 1 aliphatic rings. The molecule has 1 aromatic heterocycles. The van der Waals surface area contributed by atoms with Gasteiger partial charge in [0.2, 0.25) is 0 Å². The Bertz CT molecular complexity index is 340. The Hall–Kier alpha value is -1.09. The fraction of sp³-hybridized carbons (Fsp3) is 0.615. The van der Waals surface area contributed by atoms with Crippen LogP contribution in [0.2, 0.25) is 0 Å². The van der Waals surface area contributed by atoms with Gasteiger partial charge in [0.25, 0.3) is 0 Å². The minimum Gasteiger partial charge on any atom is -0.396 e. The summed E-state index contributed by atoms with van der Waals surface area (Å²) in [5, 5.41) is 12.7. The summed E-state index contributed by atoms with van der Waals surface area (Å²) in [6.07, 6.45) is 5.50. The van der Waals surface area contributed by atoms with Crippen molar-refractivity contribution in [1.82, 2.24) is 4.98 Å². The molecule has 0 bridgehead atoms. The number of aliphatic hydroxyl groups excluding tert-OH is 1. The third-order valence-corrected chi connectivity index (χ3v) is 3.52. The molecule has 3 nitrogen and oxygen atoms in total. The molecule has 1 aromatic rings. The molecule has 2 atom stereocenters. The van der Waals surface area contributed by atoms with Gasteiger partial charge in [-0.2, -0.15) is 0 Å². The van der Waals surface area contributed by atoms with E-state index in [0.29, 0.717) is 18.4 Å². The van der Waals surface area contributed by atoms with E-state index in [1.165, 1.54) is 19.3 Å². The van der Waals surface area contributed by atoms with E-state index in [1.54, 1.807) is 0 Å². The van der Waals surface area contributed by atoms with Crippen LogP contribution in [0, 0.1) is 18.8 Å². The quantitative estimate of drug-likeness (QED) is 0.817. The van der Waals surface area contributed by atoms with Gasteiger partial charge in [-0.3, -0.25) is 4.98 Å². The first-order chi connectivity index (χ1) is 7.79. The van der Waals surface area contributed by atoms with Crippen molar-refractivity contribution in [2.75, 3.05) is 18.5 Å². The van der Waals surface area contributed by atoms with Crippen molar-refractivity contribution in [3.63, 3.8) is 0 Å². The lowest BCUT2D eigenvalue weighted by Gasteiger charge is -2.18. The van der Waals surface area contributed by atoms with Gasteiger partial charge in [0, 0.05) is 30.7 Å². The summed E-state index contributed by atoms with van der Waals surface area (Å²) in [6.45, 7) is 3.30. The molecular weight excluding hydrogens is 200 g/mol. The van der Waals surface area contributed by atoms with Crippen LogP contribution in [-0.2, 0) is 0 Å². The van der Waals surface area contributed by atoms with Crippen LogP contribution in [0.4, 0.5) is 5.69 Å². The molecule has 16 heavy (non-hydrogen) atoms. The first kappa shape index (κ1) is 11.4. The van der Waals surface area contributed by atoms with Crippen molar-refractivity contribution in [1.29, 1.82) is 0 Å². The summed E-state index contributed by atoms with van der Waals surface area (Å²) < 4.78 is 0. The molecule has 0 spiro atoms. The first-order valence-corrected chi connectivity index (χ1v) is 6.07. The molecule has 1 aliphatic carbocycles. The zero-order valence-corrected chi connectivity index (χ0v) is 9.82. The lowest BCUT2D eigenvalue weighted by molar-refractivity contribution is 0.199. The number of hydrogen-bond donors (Lipinski definition) is 2. The van der Waals surface area contributed by atoms with Crippen molar-refractivity contribution in [2.45, 2.75) is 26.2 Å². The van der Waals surface area contributed by atoms with Crippen LogP contribution in [0.15, 0.2) is 18.3 Å². The van der Waals surface area contributed by atoms with Crippen LogP contribution in [-0.4, -0.2) is 23.2 Å². The Kier molecular flexibility index (Phi) is 3.78. The molecule has 0 aliphatic heterocycles. The summed E-state index contributed by atoms with van der Waals surface area (Å²) >= 11 is 0. The molecule has 88 valence electrons. The van der Waals surface area contributed by atoms with E-state index >= 15 is 0 Å². The van der Waals surface area contributed by atoms with Crippen LogP contribution in [0.25, 0.3) is 0 Å². The number of anilines is 1. The van der Waals surface area contributed by atoms with Gasteiger partial charge in [0.15, 0.2) is 0 Å². The van der Waals surface area contributed by atoms with Gasteiger partial charge in [-0.05, 0) is 43.7 Å². The van der Waals surface area contributed by atoms with Gasteiger partial charge in [0.05, 0.1) is 0 Å². The normalized spacial score (nSPS) is 24.6. The largest absolute Gasteiger partial charge is 0.396 e. The number of nitrogens with zero attached hydrogens (tertiary/aromatic N) is 1. The minimum absolute atomic E-state index is 0.335. The zero-order valence-electron chi connectivity index (χ0n) is 9.82. The Morgan fingerprint density at radius 1 is 1.44 bits per heavy atom. The number of aryl methyl sites for hydroxylation is 1. The highest BCUT2D eigenvalue weighted by atomic mass is 16.3. The van der Waals surface area contributed by atoms with Crippen LogP contribution in [0.5, 0.6) is 0 Å². The van der Waals surface area contributed by atoms with Crippen molar-refractivity contribution in [3.8, 4) is 0 Å². The minimum atomic E-state index is 0.335. The van der Waals surface area contributed by atoms with Crippen molar-refractivity contribution in [2.24, 2.45) is 11.8 Å². The maximum absolute atomic E-state index is 9.24. The zero-order chi connectivity index (χ0) is 11.4. The van der Waals surface area contributed by atoms with Gasteiger partial charge in [-0.1, -0.05) is 6.42 Å². The Balaban J connectivity index is 1.87. The second-order valence-corrected chi connectivity index (χ2v) is 4.70. The molecule has 2 N–H and O–H groups in total. The molecule has 0 radical (unpaired) electrons. The van der Waals surface area contributed by atoms with Crippen LogP contribution in [0.3, 0.4) is 0 Å². The van der Waals surface area contributed by atoms with E-state index in [1.807, 2.05) is 19.2 Å². The average molecular weight is 220 g/mol. The number of nitrogens with one attached hydrogen (secondary N) is 1. The Morgan fingerprint density at radius 3 is 3.00 bits per heavy atom. The van der Waals surface area contributed by atoms with Crippen molar-refractivity contribution < 1.29 is 5.11 Å². The SMILES string of the molecule is Cc1cc(NCC2CCCC2CO)ccn1. The van der Waals surface area contributed by atoms with E-state index in [2.05, 4.69) is 16.4 Å². The molecule has 0 saturated heterocycles. The van der Waals surface area contributed by atoms with Gasteiger partial charge in [-0.15, -0.1) is 0 Å². The van der Waals surface area contributed by atoms with E-state index in [-0.39, 0.29) is 0 Å². The van der Waals surface area contributed by atoms with Crippen LogP contribution >= 0.6 is 0 Å². The first-order valence-electron chi connectivity index (χ1n) is 6.07. The fourth-order valence-electron chi connectivity index (χ4n) is 2.53. The van der Waals surface area contributed by atoms with Gasteiger partial charge >= 0.3 is 0 Å². The van der Waals surface area contributed by atoms with Crippen molar-refractivity contribution >= 4 is 5.69 Å². The summed E-state index contributed by atoms with van der Waals surface area (Å²) in [6, 6.07) is 4.05. The maximum Gasteiger partial charge on any atom is 0.0462 e. The Morgan fingerprint density at radius 2 is 2.25 bits per heavy atom. The number of rotatable bonds is 4. The van der Waals surface area contributed by atoms with E-state index in [0.717, 1.165) is 17.9 Å². The van der Waals surface area contributed by atoms with Crippen molar-refractivity contribution in [3.05, 3.63) is 24.0 Å². The molecular formula is C13H20N2O. The predicted octanol–water partition coefficient (Wildman–Crippen LogP) is 2.21. The molecule has 0 amide bonds. The van der Waals surface area contributed by atoms with Crippen LogP contribution in [0.1, 0.15) is 25.0 Å². The monoisotopic (exact) mass is 220 g/mol. The summed E-state index contributed by atoms with van der Waals surface area (Å²) in [5.74, 6) is 1.12. The molecule has 2 unspecified atom stereocenters. The third kappa shape index (κ3) is 2.73. The van der Waals surface area contributed by atoms with E-state index in [9.17, 15) is 5.11 Å². The average Bonchev–Trinajstić information content (AvgIpc) is 2.74. The third-order valence-electron chi connectivity index (χ3n) is 3.52. The molecule has 1 saturated carbocycles. The number of aromatic nitrogens is 1. The molecule has 0 aromatic carbocycles. The molecule has 3 heteroatoms. The van der Waals surface area contributed by atoms with Gasteiger partial charge in [-0.25, -0.2) is 0 Å². The fourth-order valence-corrected chi connectivity index (χ4v) is 2.53. The van der Waals surface area contributed by atoms with Gasteiger partial charge in [0.1, 0.15) is 0 Å². The van der Waals surface area contributed by atoms with Gasteiger partial charge < -0.3 is 10.4 Å². The smallest absolute Gasteiger partial charge is 0.0462 e. The topological polar surface area (TPSA) is 45.1 Å². The highest BCUT2D eigenvalue weighted by molar-refractivity contribution is 5.42. The van der Waals surface area contributed by atoms with Crippen LogP contribution < -0.4 is 5.32 Å². The van der Waals surface area contributed by atoms with E-state index in [4.69, 9.17) is 0 Å². The maximum atomic E-state index is 9.24. The predicted molar refractivity (Wildman–Crippen MR) is 65.4 cm³/mol. The summed E-state index contributed by atoms with van der Waals surface area (Å²) in [7, 11) is 0. The number of pyridine rings is 1. The highest BCUT2D eigenvalue weighted by Crippen LogP contribution is 2.31. The second-order valence-electron chi connectivity index (χ2n) is 4.70. The van der Waals surface area contributed by atoms with E-state index < -0.39 is 0 Å².